The highest BCUT2D eigenvalue weighted by Crippen LogP contribution is 2.44. The predicted molar refractivity (Wildman–Crippen MR) is 231 cm³/mol. The van der Waals surface area contributed by atoms with E-state index in [1.54, 1.807) is 14.2 Å². The van der Waals surface area contributed by atoms with Gasteiger partial charge in [-0.15, -0.1) is 5.10 Å². The van der Waals surface area contributed by atoms with Gasteiger partial charge in [0.15, 0.2) is 5.82 Å². The van der Waals surface area contributed by atoms with Crippen molar-refractivity contribution in [2.45, 2.75) is 51.2 Å². The first kappa shape index (κ1) is 38.2. The van der Waals surface area contributed by atoms with Gasteiger partial charge in [0, 0.05) is 28.8 Å². The van der Waals surface area contributed by atoms with Gasteiger partial charge in [0.1, 0.15) is 17.5 Å². The fourth-order valence-corrected chi connectivity index (χ4v) is 8.27. The van der Waals surface area contributed by atoms with Gasteiger partial charge >= 0.3 is 0 Å². The number of unbranched alkanes of at least 4 members (excludes halogenated alkanes) is 1. The number of methoxy groups -OCH3 is 1. The van der Waals surface area contributed by atoms with E-state index in [0.717, 1.165) is 86.5 Å². The molecule has 8 heteroatoms. The Kier molecular flexibility index (Phi) is 11.4. The minimum atomic E-state index is -0.921. The summed E-state index contributed by atoms with van der Waals surface area (Å²) < 4.78 is 7.50. The maximum Gasteiger partial charge on any atom is 0.184 e. The first-order valence-corrected chi connectivity index (χ1v) is 20.0. The second-order valence-electron chi connectivity index (χ2n) is 14.5. The maximum absolute atomic E-state index is 6.06. The van der Waals surface area contributed by atoms with Crippen molar-refractivity contribution < 1.29 is 9.57 Å². The van der Waals surface area contributed by atoms with Crippen LogP contribution in [-0.4, -0.2) is 51.4 Å². The first-order chi connectivity index (χ1) is 28.6. The highest BCUT2D eigenvalue weighted by atomic mass is 16.7. The van der Waals surface area contributed by atoms with E-state index in [1.165, 1.54) is 0 Å². The van der Waals surface area contributed by atoms with Crippen LogP contribution in [0, 0.1) is 0 Å². The summed E-state index contributed by atoms with van der Waals surface area (Å²) in [6.07, 6.45) is 3.42. The zero-order valence-corrected chi connectivity index (χ0v) is 33.5. The van der Waals surface area contributed by atoms with E-state index in [1.807, 2.05) is 46.1 Å². The van der Waals surface area contributed by atoms with Crippen molar-refractivity contribution in [3.05, 3.63) is 203 Å². The van der Waals surface area contributed by atoms with Crippen LogP contribution in [0.2, 0.25) is 0 Å². The lowest BCUT2D eigenvalue weighted by Crippen LogP contribution is -2.39. The number of rotatable bonds is 14. The fraction of sp³-hybridized carbons (Fsp3) is 0.200. The summed E-state index contributed by atoms with van der Waals surface area (Å²) in [5.41, 5.74) is 10.3. The first-order valence-electron chi connectivity index (χ1n) is 20.0. The topological polar surface area (TPSA) is 77.7 Å². The largest absolute Gasteiger partial charge is 0.497 e. The van der Waals surface area contributed by atoms with Crippen LogP contribution in [0.4, 0.5) is 0 Å². The summed E-state index contributed by atoms with van der Waals surface area (Å²) >= 11 is 0. The van der Waals surface area contributed by atoms with E-state index in [0.29, 0.717) is 12.2 Å². The molecular weight excluding hydrogens is 717 g/mol. The van der Waals surface area contributed by atoms with Crippen LogP contribution in [0.3, 0.4) is 0 Å². The second-order valence-corrected chi connectivity index (χ2v) is 14.5. The molecule has 0 aliphatic carbocycles. The molecule has 1 aromatic heterocycles. The molecule has 0 fully saturated rings. The average molecular weight is 765 g/mol. The van der Waals surface area contributed by atoms with Crippen LogP contribution in [0.5, 0.6) is 5.75 Å². The Labute approximate surface area is 341 Å². The van der Waals surface area contributed by atoms with Crippen molar-refractivity contribution in [2.75, 3.05) is 14.2 Å². The van der Waals surface area contributed by atoms with E-state index in [-0.39, 0.29) is 6.17 Å². The molecule has 1 aliphatic heterocycles. The summed E-state index contributed by atoms with van der Waals surface area (Å²) in [5, 5.41) is 16.3. The molecule has 0 amide bonds. The highest BCUT2D eigenvalue weighted by Gasteiger charge is 2.42. The van der Waals surface area contributed by atoms with Gasteiger partial charge in [-0.2, -0.15) is 0 Å². The van der Waals surface area contributed by atoms with Crippen molar-refractivity contribution in [1.29, 1.82) is 0 Å². The quantitative estimate of drug-likeness (QED) is 0.103. The van der Waals surface area contributed by atoms with Gasteiger partial charge in [0.25, 0.3) is 0 Å². The molecule has 0 bridgehead atoms. The Morgan fingerprint density at radius 1 is 0.655 bits per heavy atom. The van der Waals surface area contributed by atoms with Crippen molar-refractivity contribution in [3.63, 3.8) is 0 Å². The van der Waals surface area contributed by atoms with Gasteiger partial charge in [0.2, 0.25) is 0 Å². The molecule has 6 aromatic carbocycles. The molecule has 7 aromatic rings. The Morgan fingerprint density at radius 3 is 1.79 bits per heavy atom. The minimum absolute atomic E-state index is 0.177. The molecule has 0 spiro atoms. The molecule has 2 heterocycles. The molecule has 0 saturated carbocycles. The monoisotopic (exact) mass is 764 g/mol. The number of aromatic nitrogens is 4. The summed E-state index contributed by atoms with van der Waals surface area (Å²) in [6.45, 7) is 4.35. The standard InChI is InChI=1S/C50H48N6O2/c1-5-6-27-47-51-48(45(36(2)55(47)58-4)34-37-28-31-43(57-3)32-29-37)39-30-33-44(38-19-11-7-12-20-38)46(35-39)49-52-53-54-56(49)50(40-21-13-8-14-22-40,41-23-15-9-16-24-41)42-25-17-10-18-26-42/h7-26,28-33,35,47H,5-6,27,34H2,1-4H3. The molecule has 290 valence electrons. The number of ether oxygens (including phenoxy) is 1. The van der Waals surface area contributed by atoms with Crippen molar-refractivity contribution in [3.8, 4) is 28.3 Å². The third-order valence-corrected chi connectivity index (χ3v) is 11.1. The Bertz CT molecular complexity index is 2400. The molecule has 1 unspecified atom stereocenters. The summed E-state index contributed by atoms with van der Waals surface area (Å²) in [6, 6.07) is 56.9. The van der Waals surface area contributed by atoms with Crippen LogP contribution in [0.25, 0.3) is 22.5 Å². The number of allylic oxidation sites excluding steroid dienone is 2. The van der Waals surface area contributed by atoms with Crippen LogP contribution >= 0.6 is 0 Å². The summed E-state index contributed by atoms with van der Waals surface area (Å²) in [5.74, 6) is 1.45. The number of hydroxylamine groups is 2. The Hall–Kier alpha value is -6.64. The minimum Gasteiger partial charge on any atom is -0.497 e. The van der Waals surface area contributed by atoms with Crippen molar-refractivity contribution in [1.82, 2.24) is 25.3 Å². The molecule has 8 nitrogen and oxygen atoms in total. The smallest absolute Gasteiger partial charge is 0.184 e. The van der Waals surface area contributed by atoms with Crippen molar-refractivity contribution >= 4 is 5.71 Å². The normalized spacial score (nSPS) is 14.4. The predicted octanol–water partition coefficient (Wildman–Crippen LogP) is 10.6. The number of tetrazole rings is 1. The third kappa shape index (κ3) is 7.23. The Balaban J connectivity index is 1.38. The van der Waals surface area contributed by atoms with E-state index in [2.05, 4.69) is 146 Å². The Morgan fingerprint density at radius 2 is 1.24 bits per heavy atom. The van der Waals surface area contributed by atoms with E-state index in [4.69, 9.17) is 24.9 Å². The number of aliphatic imine (C=N–C) groups is 1. The van der Waals surface area contributed by atoms with Crippen LogP contribution in [0.1, 0.15) is 60.9 Å². The van der Waals surface area contributed by atoms with E-state index in [9.17, 15) is 0 Å². The lowest BCUT2D eigenvalue weighted by molar-refractivity contribution is -0.133. The maximum atomic E-state index is 6.06. The van der Waals surface area contributed by atoms with Crippen molar-refractivity contribution in [2.24, 2.45) is 4.99 Å². The van der Waals surface area contributed by atoms with Crippen LogP contribution in [-0.2, 0) is 16.8 Å². The van der Waals surface area contributed by atoms with Gasteiger partial charge in [-0.3, -0.25) is 9.83 Å². The van der Waals surface area contributed by atoms with E-state index >= 15 is 0 Å². The second kappa shape index (κ2) is 17.2. The van der Waals surface area contributed by atoms with Crippen LogP contribution < -0.4 is 4.74 Å². The zero-order chi connectivity index (χ0) is 39.9. The fourth-order valence-electron chi connectivity index (χ4n) is 8.27. The number of hydrogen-bond donors (Lipinski definition) is 0. The molecule has 0 saturated heterocycles. The highest BCUT2D eigenvalue weighted by molar-refractivity contribution is 6.14. The summed E-state index contributed by atoms with van der Waals surface area (Å²) in [4.78, 5) is 11.6. The van der Waals surface area contributed by atoms with Gasteiger partial charge in [-0.25, -0.2) is 9.75 Å². The molecule has 58 heavy (non-hydrogen) atoms. The molecule has 1 atom stereocenters. The SMILES string of the molecule is CCCCC1N=C(c2ccc(-c3ccccc3)c(-c3nnnn3C(c3ccccc3)(c3ccccc3)c3ccccc3)c2)C(Cc2ccc(OC)cc2)=C(C)N1OC. The number of nitrogens with zero attached hydrogens (tertiary/aromatic N) is 6. The zero-order valence-electron chi connectivity index (χ0n) is 33.5. The van der Waals surface area contributed by atoms with E-state index < -0.39 is 5.54 Å². The van der Waals surface area contributed by atoms with Crippen LogP contribution in [0.15, 0.2) is 180 Å². The van der Waals surface area contributed by atoms with Gasteiger partial charge in [-0.1, -0.05) is 159 Å². The van der Waals surface area contributed by atoms with Gasteiger partial charge in [0.05, 0.1) is 19.9 Å². The number of benzene rings is 6. The third-order valence-electron chi connectivity index (χ3n) is 11.1. The molecule has 1 aliphatic rings. The molecule has 0 N–H and O–H groups in total. The lowest BCUT2D eigenvalue weighted by Gasteiger charge is -2.37. The summed E-state index contributed by atoms with van der Waals surface area (Å²) in [7, 11) is 3.43. The average Bonchev–Trinajstić information content (AvgIpc) is 3.78. The van der Waals surface area contributed by atoms with Gasteiger partial charge < -0.3 is 4.74 Å². The molecule has 0 radical (unpaired) electrons. The van der Waals surface area contributed by atoms with Gasteiger partial charge in [-0.05, 0) is 81.8 Å². The molecule has 8 rings (SSSR count). The molecular formula is C50H48N6O2. The number of hydrogen-bond acceptors (Lipinski definition) is 7. The lowest BCUT2D eigenvalue weighted by atomic mass is 9.76.